The average molecular weight is 251 g/mol. The van der Waals surface area contributed by atoms with Gasteiger partial charge >= 0.3 is 5.97 Å². The normalized spacial score (nSPS) is 14.3. The summed E-state index contributed by atoms with van der Waals surface area (Å²) in [5, 5.41) is 12.3. The van der Waals surface area contributed by atoms with Gasteiger partial charge in [-0.2, -0.15) is 0 Å². The number of hydrogen-bond donors (Lipinski definition) is 2. The molecule has 0 bridgehead atoms. The van der Waals surface area contributed by atoms with Gasteiger partial charge in [0.15, 0.2) is 0 Å². The standard InChI is InChI=1S/C14H21NO3/c1-5-15-14(4,13(16)17)11-6-8-12(9-7-11)18-10(2)3/h6-10,15H,5H2,1-4H3,(H,16,17). The van der Waals surface area contributed by atoms with Crippen LogP contribution in [0.2, 0.25) is 0 Å². The first-order valence-electron chi connectivity index (χ1n) is 6.15. The molecule has 18 heavy (non-hydrogen) atoms. The Morgan fingerprint density at radius 3 is 2.33 bits per heavy atom. The summed E-state index contributed by atoms with van der Waals surface area (Å²) in [6, 6.07) is 7.17. The molecule has 4 nitrogen and oxygen atoms in total. The van der Waals surface area contributed by atoms with Gasteiger partial charge in [0.1, 0.15) is 11.3 Å². The molecule has 0 aliphatic rings. The summed E-state index contributed by atoms with van der Waals surface area (Å²) in [5.74, 6) is -0.139. The van der Waals surface area contributed by atoms with Crippen LogP contribution < -0.4 is 10.1 Å². The highest BCUT2D eigenvalue weighted by Crippen LogP contribution is 2.24. The molecule has 1 unspecified atom stereocenters. The zero-order valence-corrected chi connectivity index (χ0v) is 11.4. The van der Waals surface area contributed by atoms with Crippen molar-refractivity contribution in [3.05, 3.63) is 29.8 Å². The van der Waals surface area contributed by atoms with Crippen LogP contribution in [0, 0.1) is 0 Å². The summed E-state index contributed by atoms with van der Waals surface area (Å²) in [6.45, 7) is 8.05. The van der Waals surface area contributed by atoms with Gasteiger partial charge in [-0.25, -0.2) is 4.79 Å². The molecule has 0 aromatic heterocycles. The third-order valence-corrected chi connectivity index (χ3v) is 2.76. The summed E-state index contributed by atoms with van der Waals surface area (Å²) in [4.78, 5) is 11.4. The first-order valence-corrected chi connectivity index (χ1v) is 6.15. The molecule has 0 aliphatic carbocycles. The van der Waals surface area contributed by atoms with Crippen molar-refractivity contribution in [2.45, 2.75) is 39.3 Å². The highest BCUT2D eigenvalue weighted by atomic mass is 16.5. The number of rotatable bonds is 6. The maximum Gasteiger partial charge on any atom is 0.328 e. The first kappa shape index (κ1) is 14.5. The molecular formula is C14H21NO3. The number of carbonyl (C=O) groups is 1. The molecule has 0 saturated carbocycles. The molecule has 0 saturated heterocycles. The molecule has 1 atom stereocenters. The Morgan fingerprint density at radius 2 is 1.94 bits per heavy atom. The number of benzene rings is 1. The molecule has 4 heteroatoms. The Bertz CT molecular complexity index is 400. The van der Waals surface area contributed by atoms with Crippen molar-refractivity contribution in [2.24, 2.45) is 0 Å². The van der Waals surface area contributed by atoms with Gasteiger partial charge in [-0.15, -0.1) is 0 Å². The summed E-state index contributed by atoms with van der Waals surface area (Å²) in [7, 11) is 0. The molecular weight excluding hydrogens is 230 g/mol. The van der Waals surface area contributed by atoms with Gasteiger partial charge in [-0.1, -0.05) is 19.1 Å². The minimum Gasteiger partial charge on any atom is -0.491 e. The predicted molar refractivity (Wildman–Crippen MR) is 70.9 cm³/mol. The van der Waals surface area contributed by atoms with E-state index in [-0.39, 0.29) is 6.10 Å². The fraction of sp³-hybridized carbons (Fsp3) is 0.500. The number of carboxylic acid groups (broad SMARTS) is 1. The average Bonchev–Trinajstić information content (AvgIpc) is 2.29. The Labute approximate surface area is 108 Å². The van der Waals surface area contributed by atoms with Crippen LogP contribution in [0.5, 0.6) is 5.75 Å². The number of nitrogens with one attached hydrogen (secondary N) is 1. The SMILES string of the molecule is CCNC(C)(C(=O)O)c1ccc(OC(C)C)cc1. The Morgan fingerprint density at radius 1 is 1.39 bits per heavy atom. The van der Waals surface area contributed by atoms with Crippen LogP contribution in [0.15, 0.2) is 24.3 Å². The molecule has 100 valence electrons. The number of aliphatic carboxylic acids is 1. The van der Waals surface area contributed by atoms with E-state index in [1.54, 1.807) is 31.2 Å². The summed E-state index contributed by atoms with van der Waals surface area (Å²) in [6.07, 6.45) is 0.107. The lowest BCUT2D eigenvalue weighted by Gasteiger charge is -2.26. The summed E-state index contributed by atoms with van der Waals surface area (Å²) >= 11 is 0. The molecule has 0 amide bonds. The van der Waals surface area contributed by atoms with Crippen LogP contribution in [0.1, 0.15) is 33.3 Å². The molecule has 0 aliphatic heterocycles. The lowest BCUT2D eigenvalue weighted by atomic mass is 9.92. The van der Waals surface area contributed by atoms with Crippen molar-refractivity contribution >= 4 is 5.97 Å². The molecule has 1 rings (SSSR count). The first-order chi connectivity index (χ1) is 8.40. The van der Waals surface area contributed by atoms with Crippen molar-refractivity contribution in [3.63, 3.8) is 0 Å². The maximum absolute atomic E-state index is 11.4. The third kappa shape index (κ3) is 3.23. The second kappa shape index (κ2) is 5.87. The van der Waals surface area contributed by atoms with Crippen LogP contribution in [0.4, 0.5) is 0 Å². The molecule has 0 heterocycles. The topological polar surface area (TPSA) is 58.6 Å². The number of hydrogen-bond acceptors (Lipinski definition) is 3. The number of carboxylic acids is 1. The minimum atomic E-state index is -1.06. The fourth-order valence-electron chi connectivity index (χ4n) is 1.79. The van der Waals surface area contributed by atoms with Crippen LogP contribution in [-0.4, -0.2) is 23.7 Å². The van der Waals surface area contributed by atoms with Gasteiger partial charge in [-0.05, 0) is 45.0 Å². The van der Waals surface area contributed by atoms with E-state index in [9.17, 15) is 9.90 Å². The maximum atomic E-state index is 11.4. The van der Waals surface area contributed by atoms with Crippen molar-refractivity contribution in [1.29, 1.82) is 0 Å². The highest BCUT2D eigenvalue weighted by Gasteiger charge is 2.33. The fourth-order valence-corrected chi connectivity index (χ4v) is 1.79. The van der Waals surface area contributed by atoms with Crippen molar-refractivity contribution in [1.82, 2.24) is 5.32 Å². The van der Waals surface area contributed by atoms with E-state index in [1.165, 1.54) is 0 Å². The van der Waals surface area contributed by atoms with E-state index < -0.39 is 11.5 Å². The number of likely N-dealkylation sites (N-methyl/N-ethyl adjacent to an activating group) is 1. The molecule has 0 spiro atoms. The van der Waals surface area contributed by atoms with Gasteiger partial charge in [0.25, 0.3) is 0 Å². The molecule has 0 radical (unpaired) electrons. The lowest BCUT2D eigenvalue weighted by molar-refractivity contribution is -0.144. The summed E-state index contributed by atoms with van der Waals surface area (Å²) in [5.41, 5.74) is -0.349. The summed E-state index contributed by atoms with van der Waals surface area (Å²) < 4.78 is 5.53. The van der Waals surface area contributed by atoms with Crippen LogP contribution in [0.3, 0.4) is 0 Å². The van der Waals surface area contributed by atoms with E-state index >= 15 is 0 Å². The van der Waals surface area contributed by atoms with E-state index in [1.807, 2.05) is 20.8 Å². The van der Waals surface area contributed by atoms with Gasteiger partial charge in [0.2, 0.25) is 0 Å². The van der Waals surface area contributed by atoms with Gasteiger partial charge in [-0.3, -0.25) is 5.32 Å². The number of ether oxygens (including phenoxy) is 1. The van der Waals surface area contributed by atoms with E-state index in [4.69, 9.17) is 4.74 Å². The Balaban J connectivity index is 2.97. The lowest BCUT2D eigenvalue weighted by Crippen LogP contribution is -2.46. The highest BCUT2D eigenvalue weighted by molar-refractivity contribution is 5.80. The van der Waals surface area contributed by atoms with Gasteiger partial charge in [0, 0.05) is 0 Å². The van der Waals surface area contributed by atoms with Crippen molar-refractivity contribution in [2.75, 3.05) is 6.54 Å². The van der Waals surface area contributed by atoms with Gasteiger partial charge in [0.05, 0.1) is 6.10 Å². The van der Waals surface area contributed by atoms with Gasteiger partial charge < -0.3 is 9.84 Å². The quantitative estimate of drug-likeness (QED) is 0.815. The largest absolute Gasteiger partial charge is 0.491 e. The van der Waals surface area contributed by atoms with Crippen LogP contribution >= 0.6 is 0 Å². The molecule has 2 N–H and O–H groups in total. The van der Waals surface area contributed by atoms with E-state index in [2.05, 4.69) is 5.32 Å². The zero-order valence-electron chi connectivity index (χ0n) is 11.4. The van der Waals surface area contributed by atoms with E-state index in [0.29, 0.717) is 12.1 Å². The third-order valence-electron chi connectivity index (χ3n) is 2.76. The minimum absolute atomic E-state index is 0.107. The Kier molecular flexibility index (Phi) is 4.73. The van der Waals surface area contributed by atoms with Crippen molar-refractivity contribution < 1.29 is 14.6 Å². The second-order valence-electron chi connectivity index (χ2n) is 4.65. The van der Waals surface area contributed by atoms with Crippen LogP contribution in [0.25, 0.3) is 0 Å². The zero-order chi connectivity index (χ0) is 13.8. The smallest absolute Gasteiger partial charge is 0.328 e. The molecule has 1 aromatic carbocycles. The van der Waals surface area contributed by atoms with Crippen molar-refractivity contribution in [3.8, 4) is 5.75 Å². The monoisotopic (exact) mass is 251 g/mol. The van der Waals surface area contributed by atoms with E-state index in [0.717, 1.165) is 5.75 Å². The second-order valence-corrected chi connectivity index (χ2v) is 4.65. The Hall–Kier alpha value is -1.55. The molecule has 0 fully saturated rings. The molecule has 1 aromatic rings. The van der Waals surface area contributed by atoms with Crippen LogP contribution in [-0.2, 0) is 10.3 Å². The predicted octanol–water partition coefficient (Wildman–Crippen LogP) is 2.38.